The normalized spacial score (nSPS) is 23.6. The predicted octanol–water partition coefficient (Wildman–Crippen LogP) is 0.851. The van der Waals surface area contributed by atoms with Crippen molar-refractivity contribution in [3.8, 4) is 0 Å². The van der Waals surface area contributed by atoms with Crippen LogP contribution in [0.15, 0.2) is 35.3 Å². The molecule has 0 aliphatic carbocycles. The van der Waals surface area contributed by atoms with Crippen LogP contribution >= 0.6 is 11.6 Å². The topological polar surface area (TPSA) is 200 Å². The van der Waals surface area contributed by atoms with Crippen LogP contribution in [-0.4, -0.2) is 75.4 Å². The summed E-state index contributed by atoms with van der Waals surface area (Å²) in [6.45, 7) is 2.47. The fourth-order valence-electron chi connectivity index (χ4n) is 5.47. The van der Waals surface area contributed by atoms with Crippen LogP contribution in [0, 0.1) is 11.8 Å². The van der Waals surface area contributed by atoms with Crippen LogP contribution in [0.3, 0.4) is 0 Å². The Morgan fingerprint density at radius 2 is 1.82 bits per heavy atom. The van der Waals surface area contributed by atoms with E-state index in [1.54, 1.807) is 0 Å². The van der Waals surface area contributed by atoms with E-state index in [-0.39, 0.29) is 59.2 Å². The van der Waals surface area contributed by atoms with Crippen molar-refractivity contribution in [2.24, 2.45) is 22.6 Å². The summed E-state index contributed by atoms with van der Waals surface area (Å²) in [6, 6.07) is 9.12. The molecule has 1 aromatic heterocycles. The summed E-state index contributed by atoms with van der Waals surface area (Å²) in [5, 5.41) is 12.0. The number of hydrogen-bond donors (Lipinski definition) is 5. The summed E-state index contributed by atoms with van der Waals surface area (Å²) in [5.41, 5.74) is 18.0. The van der Waals surface area contributed by atoms with Gasteiger partial charge in [-0.2, -0.15) is 0 Å². The number of Topliss-reactive ketones (excluding diaryl/α,β-unsaturated/α-hetero) is 1. The van der Waals surface area contributed by atoms with Crippen molar-refractivity contribution in [1.82, 2.24) is 15.3 Å². The number of rotatable bonds is 9. The third-order valence-corrected chi connectivity index (χ3v) is 7.67. The average Bonchev–Trinajstić information content (AvgIpc) is 2.86. The maximum absolute atomic E-state index is 13.1. The predicted molar refractivity (Wildman–Crippen MR) is 142 cm³/mol. The molecule has 38 heavy (non-hydrogen) atoms. The van der Waals surface area contributed by atoms with Gasteiger partial charge in [-0.25, -0.2) is 15.0 Å². The summed E-state index contributed by atoms with van der Waals surface area (Å²) in [5.74, 6) is -2.63. The Morgan fingerprint density at radius 3 is 2.47 bits per heavy atom. The van der Waals surface area contributed by atoms with Crippen molar-refractivity contribution in [2.45, 2.75) is 31.7 Å². The number of nitrogen functional groups attached to an aromatic ring is 2. The molecule has 0 radical (unpaired) electrons. The van der Waals surface area contributed by atoms with Crippen LogP contribution in [0.2, 0.25) is 5.15 Å². The molecule has 4 heterocycles. The molecule has 1 aromatic carbocycles. The zero-order chi connectivity index (χ0) is 27.4. The van der Waals surface area contributed by atoms with Crippen molar-refractivity contribution in [1.29, 1.82) is 0 Å². The van der Waals surface area contributed by atoms with E-state index in [1.807, 2.05) is 30.3 Å². The molecule has 2 bridgehead atoms. The number of nitrogens with one attached hydrogen (secondary N) is 1. The molecule has 0 spiro atoms. The van der Waals surface area contributed by atoms with E-state index in [9.17, 15) is 19.5 Å². The number of benzene rings is 1. The number of ketones is 1. The number of nitrogens with two attached hydrogens (primary N) is 3. The second-order valence-corrected chi connectivity index (χ2v) is 10.5. The highest BCUT2D eigenvalue weighted by Crippen LogP contribution is 2.36. The number of hydrogen-bond acceptors (Lipinski definition) is 8. The SMILES string of the molecule is NC(=N[C@@H]1C[N+]2(CC(=O)C[C@@H](Cc3ccccc3)C(=O)O)CCC1CC2)NC(=O)c1nc(Cl)c(N)nc1N. The number of anilines is 2. The number of fused-ring (bicyclic) bond motifs is 3. The van der Waals surface area contributed by atoms with Crippen molar-refractivity contribution < 1.29 is 24.0 Å². The molecule has 12 nitrogen and oxygen atoms in total. The van der Waals surface area contributed by atoms with Gasteiger partial charge in [-0.05, 0) is 17.9 Å². The zero-order valence-corrected chi connectivity index (χ0v) is 21.6. The monoisotopic (exact) mass is 543 g/mol. The fraction of sp³-hybridized carbons (Fsp3) is 0.440. The van der Waals surface area contributed by atoms with Crippen molar-refractivity contribution in [2.75, 3.05) is 37.6 Å². The lowest BCUT2D eigenvalue weighted by molar-refractivity contribution is -0.936. The van der Waals surface area contributed by atoms with E-state index in [2.05, 4.69) is 20.3 Å². The number of carboxylic acid groups (broad SMARTS) is 1. The standard InChI is InChI=1S/C25H31ClN8O4/c26-20-22(28)32-21(27)19(31-20)23(36)33-25(29)30-18-13-34(8-6-15(18)7-9-34)12-17(35)11-16(24(37)38)10-14-4-2-1-3-5-14/h1-5,15-16,18H,6-13H2,(H7-,27,28,29,30,32,33,36,37,38)/p+1/t15?,16-,18-,34?/m1/s1. The molecule has 1 amide bonds. The summed E-state index contributed by atoms with van der Waals surface area (Å²) in [4.78, 5) is 49.7. The van der Waals surface area contributed by atoms with Gasteiger partial charge in [0, 0.05) is 19.3 Å². The Labute approximate surface area is 224 Å². The van der Waals surface area contributed by atoms with Crippen molar-refractivity contribution in [3.63, 3.8) is 0 Å². The molecule has 8 N–H and O–H groups in total. The molecule has 3 saturated heterocycles. The first kappa shape index (κ1) is 27.3. The lowest BCUT2D eigenvalue weighted by Crippen LogP contribution is -2.65. The first-order valence-corrected chi connectivity index (χ1v) is 12.8. The van der Waals surface area contributed by atoms with E-state index < -0.39 is 17.8 Å². The first-order chi connectivity index (χ1) is 18.0. The number of quaternary nitrogens is 1. The van der Waals surface area contributed by atoms with Crippen LogP contribution in [0.5, 0.6) is 0 Å². The lowest BCUT2D eigenvalue weighted by atomic mass is 9.81. The molecular weight excluding hydrogens is 512 g/mol. The summed E-state index contributed by atoms with van der Waals surface area (Å²) >= 11 is 5.85. The minimum absolute atomic E-state index is 0.0214. The van der Waals surface area contributed by atoms with Gasteiger partial charge in [-0.1, -0.05) is 41.9 Å². The third-order valence-electron chi connectivity index (χ3n) is 7.39. The van der Waals surface area contributed by atoms with Crippen LogP contribution in [0.25, 0.3) is 0 Å². The Kier molecular flexibility index (Phi) is 8.12. The largest absolute Gasteiger partial charge is 0.481 e. The van der Waals surface area contributed by atoms with Crippen LogP contribution in [0.4, 0.5) is 11.6 Å². The number of aliphatic carboxylic acids is 1. The maximum Gasteiger partial charge on any atom is 0.307 e. The lowest BCUT2D eigenvalue weighted by Gasteiger charge is -2.51. The highest BCUT2D eigenvalue weighted by molar-refractivity contribution is 6.31. The number of aromatic nitrogens is 2. The summed E-state index contributed by atoms with van der Waals surface area (Å²) in [6.07, 6.45) is 2.01. The molecule has 202 valence electrons. The Bertz CT molecular complexity index is 1250. The second kappa shape index (κ2) is 11.3. The van der Waals surface area contributed by atoms with Gasteiger partial charge in [0.15, 0.2) is 34.2 Å². The van der Waals surface area contributed by atoms with Gasteiger partial charge in [-0.3, -0.25) is 19.7 Å². The number of carbonyl (C=O) groups is 3. The number of carboxylic acids is 1. The molecule has 3 aliphatic heterocycles. The molecule has 0 unspecified atom stereocenters. The fourth-order valence-corrected chi connectivity index (χ4v) is 5.60. The van der Waals surface area contributed by atoms with Gasteiger partial charge in [0.05, 0.1) is 19.0 Å². The van der Waals surface area contributed by atoms with Gasteiger partial charge in [0.2, 0.25) is 0 Å². The van der Waals surface area contributed by atoms with Gasteiger partial charge in [0.1, 0.15) is 19.1 Å². The number of aliphatic imine (C=N–C) groups is 1. The number of nitrogens with zero attached hydrogens (tertiary/aromatic N) is 4. The minimum Gasteiger partial charge on any atom is -0.481 e. The molecule has 13 heteroatoms. The van der Waals surface area contributed by atoms with Crippen molar-refractivity contribution in [3.05, 3.63) is 46.7 Å². The first-order valence-electron chi connectivity index (χ1n) is 12.4. The third kappa shape index (κ3) is 6.37. The van der Waals surface area contributed by atoms with E-state index >= 15 is 0 Å². The molecule has 5 rings (SSSR count). The Balaban J connectivity index is 1.39. The number of carbonyl (C=O) groups excluding carboxylic acids is 2. The van der Waals surface area contributed by atoms with E-state index in [1.165, 1.54) is 0 Å². The zero-order valence-electron chi connectivity index (χ0n) is 20.8. The molecule has 3 fully saturated rings. The molecule has 3 aliphatic rings. The molecule has 2 atom stereocenters. The van der Waals surface area contributed by atoms with Gasteiger partial charge in [0.25, 0.3) is 5.91 Å². The van der Waals surface area contributed by atoms with Gasteiger partial charge >= 0.3 is 5.97 Å². The molecule has 0 saturated carbocycles. The van der Waals surface area contributed by atoms with E-state index in [0.29, 0.717) is 17.4 Å². The van der Waals surface area contributed by atoms with E-state index in [4.69, 9.17) is 28.8 Å². The number of halogens is 1. The second-order valence-electron chi connectivity index (χ2n) is 10.1. The number of guanidine groups is 1. The minimum atomic E-state index is -0.974. The number of amides is 1. The summed E-state index contributed by atoms with van der Waals surface area (Å²) in [7, 11) is 0. The smallest absolute Gasteiger partial charge is 0.307 e. The Hall–Kier alpha value is -3.77. The average molecular weight is 544 g/mol. The quantitative estimate of drug-likeness (QED) is 0.173. The van der Waals surface area contributed by atoms with Crippen molar-refractivity contribution >= 4 is 46.9 Å². The van der Waals surface area contributed by atoms with Crippen LogP contribution in [-0.2, 0) is 16.0 Å². The Morgan fingerprint density at radius 1 is 1.13 bits per heavy atom. The highest BCUT2D eigenvalue weighted by Gasteiger charge is 2.47. The highest BCUT2D eigenvalue weighted by atomic mass is 35.5. The van der Waals surface area contributed by atoms with Gasteiger partial charge in [-0.15, -0.1) is 0 Å². The van der Waals surface area contributed by atoms with Crippen LogP contribution < -0.4 is 22.5 Å². The summed E-state index contributed by atoms with van der Waals surface area (Å²) < 4.78 is 0.536. The van der Waals surface area contributed by atoms with E-state index in [0.717, 1.165) is 31.5 Å². The maximum atomic E-state index is 13.1. The molecule has 2 aromatic rings. The molecular formula is C25H32ClN8O4+. The van der Waals surface area contributed by atoms with Gasteiger partial charge < -0.3 is 26.8 Å². The number of piperidine rings is 3. The van der Waals surface area contributed by atoms with Crippen LogP contribution in [0.1, 0.15) is 35.3 Å².